The van der Waals surface area contributed by atoms with Gasteiger partial charge >= 0.3 is 0 Å². The molecule has 0 saturated carbocycles. The Hall–Kier alpha value is -2.21. The summed E-state index contributed by atoms with van der Waals surface area (Å²) in [6, 6.07) is 7.10. The highest BCUT2D eigenvalue weighted by molar-refractivity contribution is 9.10. The first-order chi connectivity index (χ1) is 10.2. The second kappa shape index (κ2) is 5.65. The van der Waals surface area contributed by atoms with E-state index < -0.39 is 0 Å². The summed E-state index contributed by atoms with van der Waals surface area (Å²) < 4.78 is 6.30. The van der Waals surface area contributed by atoms with Crippen LogP contribution >= 0.6 is 15.9 Å². The second-order valence-corrected chi connectivity index (χ2v) is 5.41. The summed E-state index contributed by atoms with van der Waals surface area (Å²) in [6.45, 7) is 1.98. The number of amides is 1. The molecule has 0 saturated heterocycles. The van der Waals surface area contributed by atoms with Crippen molar-refractivity contribution >= 4 is 38.6 Å². The quantitative estimate of drug-likeness (QED) is 0.783. The Bertz CT molecular complexity index is 814. The topological polar surface area (TPSA) is 68.0 Å². The van der Waals surface area contributed by atoms with Gasteiger partial charge in [-0.25, -0.2) is 4.98 Å². The maximum absolute atomic E-state index is 12.1. The first-order valence-electron chi connectivity index (χ1n) is 6.47. The highest BCUT2D eigenvalue weighted by atomic mass is 79.9. The highest BCUT2D eigenvalue weighted by Crippen LogP contribution is 2.21. The van der Waals surface area contributed by atoms with E-state index in [-0.39, 0.29) is 5.91 Å². The molecule has 1 aromatic carbocycles. The Kier molecular flexibility index (Phi) is 3.70. The van der Waals surface area contributed by atoms with Crippen molar-refractivity contribution in [3.05, 3.63) is 52.6 Å². The Labute approximate surface area is 129 Å². The number of nitrogens with zero attached hydrogens (tertiary/aromatic N) is 2. The zero-order valence-electron chi connectivity index (χ0n) is 11.3. The number of hydrogen-bond acceptors (Lipinski definition) is 4. The molecule has 0 aliphatic rings. The first kappa shape index (κ1) is 13.8. The van der Waals surface area contributed by atoms with Crippen LogP contribution in [0.25, 0.3) is 11.1 Å². The molecule has 2 aromatic heterocycles. The molecule has 0 radical (unpaired) electrons. The van der Waals surface area contributed by atoms with Gasteiger partial charge in [0.25, 0.3) is 5.91 Å². The summed E-state index contributed by atoms with van der Waals surface area (Å²) in [4.78, 5) is 20.5. The van der Waals surface area contributed by atoms with Crippen LogP contribution in [0.1, 0.15) is 23.2 Å². The van der Waals surface area contributed by atoms with E-state index in [1.165, 1.54) is 6.20 Å². The summed E-state index contributed by atoms with van der Waals surface area (Å²) in [7, 11) is 0. The molecule has 2 heterocycles. The van der Waals surface area contributed by atoms with Crippen molar-refractivity contribution in [1.29, 1.82) is 0 Å². The summed E-state index contributed by atoms with van der Waals surface area (Å²) in [5.41, 5.74) is 2.60. The molecule has 21 heavy (non-hydrogen) atoms. The van der Waals surface area contributed by atoms with Gasteiger partial charge in [0.15, 0.2) is 11.5 Å². The molecule has 106 valence electrons. The number of oxazole rings is 1. The minimum atomic E-state index is -0.220. The van der Waals surface area contributed by atoms with Crippen molar-refractivity contribution in [3.8, 4) is 0 Å². The van der Waals surface area contributed by atoms with E-state index in [0.717, 1.165) is 16.4 Å². The Morgan fingerprint density at radius 2 is 2.19 bits per heavy atom. The third kappa shape index (κ3) is 2.95. The molecule has 0 aliphatic carbocycles. The Morgan fingerprint density at radius 1 is 1.33 bits per heavy atom. The van der Waals surface area contributed by atoms with Gasteiger partial charge in [0.05, 0.1) is 5.56 Å². The van der Waals surface area contributed by atoms with Gasteiger partial charge in [0.2, 0.25) is 0 Å². The summed E-state index contributed by atoms with van der Waals surface area (Å²) in [5.74, 6) is 0.465. The fraction of sp³-hybridized carbons (Fsp3) is 0.133. The molecule has 1 N–H and O–H groups in total. The largest absolute Gasteiger partial charge is 0.441 e. The zero-order chi connectivity index (χ0) is 14.8. The molecule has 3 aromatic rings. The molecule has 0 bridgehead atoms. The average molecular weight is 346 g/mol. The number of anilines is 1. The highest BCUT2D eigenvalue weighted by Gasteiger charge is 2.09. The standard InChI is InChI=1S/C15H12BrN3O2/c1-2-14-19-12-6-11(3-4-13(12)21-14)18-15(20)9-5-10(16)8-17-7-9/h3-8H,2H2,1H3,(H,18,20). The second-order valence-electron chi connectivity index (χ2n) is 4.49. The lowest BCUT2D eigenvalue weighted by Gasteiger charge is -2.04. The van der Waals surface area contributed by atoms with E-state index in [1.807, 2.05) is 6.92 Å². The maximum atomic E-state index is 12.1. The Balaban J connectivity index is 1.85. The lowest BCUT2D eigenvalue weighted by molar-refractivity contribution is 0.102. The molecule has 3 rings (SSSR count). The molecule has 0 aliphatic heterocycles. The number of benzene rings is 1. The van der Waals surface area contributed by atoms with Gasteiger partial charge in [-0.05, 0) is 40.2 Å². The molecular formula is C15H12BrN3O2. The predicted octanol–water partition coefficient (Wildman–Crippen LogP) is 3.80. The molecule has 6 heteroatoms. The summed E-state index contributed by atoms with van der Waals surface area (Å²) in [6.07, 6.45) is 3.88. The van der Waals surface area contributed by atoms with Gasteiger partial charge in [0.1, 0.15) is 5.52 Å². The fourth-order valence-electron chi connectivity index (χ4n) is 1.94. The van der Waals surface area contributed by atoms with E-state index in [2.05, 4.69) is 31.2 Å². The minimum absolute atomic E-state index is 0.220. The molecule has 5 nitrogen and oxygen atoms in total. The molecule has 1 amide bonds. The van der Waals surface area contributed by atoms with Gasteiger partial charge in [0, 0.05) is 29.0 Å². The fourth-order valence-corrected chi connectivity index (χ4v) is 2.31. The molecule has 0 spiro atoms. The monoisotopic (exact) mass is 345 g/mol. The van der Waals surface area contributed by atoms with E-state index in [4.69, 9.17) is 4.42 Å². The van der Waals surface area contributed by atoms with Crippen molar-refractivity contribution in [3.63, 3.8) is 0 Å². The minimum Gasteiger partial charge on any atom is -0.441 e. The van der Waals surface area contributed by atoms with Crippen molar-refractivity contribution < 1.29 is 9.21 Å². The van der Waals surface area contributed by atoms with Crippen LogP contribution in [0.3, 0.4) is 0 Å². The van der Waals surface area contributed by atoms with Crippen molar-refractivity contribution in [2.24, 2.45) is 0 Å². The normalized spacial score (nSPS) is 10.8. The van der Waals surface area contributed by atoms with Gasteiger partial charge in [-0.15, -0.1) is 0 Å². The number of nitrogens with one attached hydrogen (secondary N) is 1. The van der Waals surface area contributed by atoms with E-state index in [1.54, 1.807) is 30.5 Å². The number of carbonyl (C=O) groups excluding carboxylic acids is 1. The zero-order valence-corrected chi connectivity index (χ0v) is 12.8. The van der Waals surface area contributed by atoms with E-state index >= 15 is 0 Å². The van der Waals surface area contributed by atoms with Crippen molar-refractivity contribution in [1.82, 2.24) is 9.97 Å². The summed E-state index contributed by atoms with van der Waals surface area (Å²) >= 11 is 3.29. The number of aromatic nitrogens is 2. The number of hydrogen-bond donors (Lipinski definition) is 1. The van der Waals surface area contributed by atoms with Gasteiger partial charge < -0.3 is 9.73 Å². The maximum Gasteiger partial charge on any atom is 0.257 e. The average Bonchev–Trinajstić information content (AvgIpc) is 2.89. The van der Waals surface area contributed by atoms with Crippen molar-refractivity contribution in [2.75, 3.05) is 5.32 Å². The van der Waals surface area contributed by atoms with Crippen LogP contribution in [0.2, 0.25) is 0 Å². The molecule has 0 atom stereocenters. The summed E-state index contributed by atoms with van der Waals surface area (Å²) in [5, 5.41) is 2.82. The van der Waals surface area contributed by atoms with Crippen LogP contribution in [-0.2, 0) is 6.42 Å². The van der Waals surface area contributed by atoms with Crippen LogP contribution in [0.15, 0.2) is 45.5 Å². The SMILES string of the molecule is CCc1nc2cc(NC(=O)c3cncc(Br)c3)ccc2o1. The third-order valence-corrected chi connectivity index (χ3v) is 3.39. The number of halogens is 1. The van der Waals surface area contributed by atoms with Gasteiger partial charge in [-0.3, -0.25) is 9.78 Å². The Morgan fingerprint density at radius 3 is 2.95 bits per heavy atom. The lowest BCUT2D eigenvalue weighted by atomic mass is 10.2. The lowest BCUT2D eigenvalue weighted by Crippen LogP contribution is -2.12. The number of aryl methyl sites for hydroxylation is 1. The first-order valence-corrected chi connectivity index (χ1v) is 7.26. The van der Waals surface area contributed by atoms with E-state index in [9.17, 15) is 4.79 Å². The number of pyridine rings is 1. The van der Waals surface area contributed by atoms with Crippen molar-refractivity contribution in [2.45, 2.75) is 13.3 Å². The van der Waals surface area contributed by atoms with E-state index in [0.29, 0.717) is 22.7 Å². The van der Waals surface area contributed by atoms with Crippen LogP contribution in [0.5, 0.6) is 0 Å². The van der Waals surface area contributed by atoms with Crippen LogP contribution in [-0.4, -0.2) is 15.9 Å². The van der Waals surface area contributed by atoms with Gasteiger partial charge in [-0.2, -0.15) is 0 Å². The van der Waals surface area contributed by atoms with Crippen LogP contribution < -0.4 is 5.32 Å². The molecule has 0 fully saturated rings. The predicted molar refractivity (Wildman–Crippen MR) is 83.3 cm³/mol. The smallest absolute Gasteiger partial charge is 0.257 e. The van der Waals surface area contributed by atoms with Crippen LogP contribution in [0, 0.1) is 0 Å². The molecule has 0 unspecified atom stereocenters. The number of fused-ring (bicyclic) bond motifs is 1. The molecular weight excluding hydrogens is 334 g/mol. The van der Waals surface area contributed by atoms with Crippen LogP contribution in [0.4, 0.5) is 5.69 Å². The third-order valence-electron chi connectivity index (χ3n) is 2.96. The number of rotatable bonds is 3. The number of carbonyl (C=O) groups is 1. The van der Waals surface area contributed by atoms with Gasteiger partial charge in [-0.1, -0.05) is 6.92 Å².